The van der Waals surface area contributed by atoms with Crippen molar-refractivity contribution in [2.75, 3.05) is 26.2 Å². The second-order valence-corrected chi connectivity index (χ2v) is 9.22. The van der Waals surface area contributed by atoms with Crippen molar-refractivity contribution >= 4 is 21.9 Å². The van der Waals surface area contributed by atoms with Gasteiger partial charge in [-0.2, -0.15) is 4.31 Å². The number of hydrogen-bond acceptors (Lipinski definition) is 5. The maximum Gasteiger partial charge on any atom is 0.339 e. The second-order valence-electron chi connectivity index (χ2n) is 7.28. The highest BCUT2D eigenvalue weighted by Crippen LogP contribution is 2.33. The lowest BCUT2D eigenvalue weighted by Gasteiger charge is -2.34. The van der Waals surface area contributed by atoms with Crippen molar-refractivity contribution < 1.29 is 22.7 Å². The van der Waals surface area contributed by atoms with Crippen molar-refractivity contribution in [3.63, 3.8) is 0 Å². The van der Waals surface area contributed by atoms with Gasteiger partial charge in [0, 0.05) is 31.7 Å². The fourth-order valence-electron chi connectivity index (χ4n) is 3.70. The molecule has 0 unspecified atom stereocenters. The second kappa shape index (κ2) is 7.61. The molecule has 2 aromatic rings. The fourth-order valence-corrected chi connectivity index (χ4v) is 5.12. The van der Waals surface area contributed by atoms with Crippen molar-refractivity contribution in [2.24, 2.45) is 0 Å². The van der Waals surface area contributed by atoms with E-state index < -0.39 is 22.1 Å². The molecule has 0 N–H and O–H groups in total. The number of ether oxygens (including phenoxy) is 1. The van der Waals surface area contributed by atoms with E-state index in [-0.39, 0.29) is 30.3 Å². The summed E-state index contributed by atoms with van der Waals surface area (Å²) >= 11 is 0. The lowest BCUT2D eigenvalue weighted by molar-refractivity contribution is -0.134. The van der Waals surface area contributed by atoms with Gasteiger partial charge in [-0.3, -0.25) is 4.79 Å². The van der Waals surface area contributed by atoms with Gasteiger partial charge in [-0.15, -0.1) is 0 Å². The number of cyclic esters (lactones) is 1. The van der Waals surface area contributed by atoms with Crippen LogP contribution in [-0.4, -0.2) is 55.7 Å². The standard InChI is InChI=1S/C21H22N2O5S/c1-15-6-8-16(9-7-15)29(26,27)23-12-10-22(11-13-23)20(24)14-19-17-4-2-3-5-18(17)21(25)28-19/h2-9,19H,10-14H2,1H3/t19-/m0/s1. The zero-order chi connectivity index (χ0) is 20.6. The summed E-state index contributed by atoms with van der Waals surface area (Å²) in [4.78, 5) is 26.5. The maximum absolute atomic E-state index is 12.8. The molecule has 1 atom stereocenters. The van der Waals surface area contributed by atoms with E-state index in [9.17, 15) is 18.0 Å². The molecular weight excluding hydrogens is 392 g/mol. The minimum absolute atomic E-state index is 0.0630. The van der Waals surface area contributed by atoms with Crippen LogP contribution in [0.5, 0.6) is 0 Å². The van der Waals surface area contributed by atoms with Gasteiger partial charge in [0.25, 0.3) is 0 Å². The van der Waals surface area contributed by atoms with E-state index in [4.69, 9.17) is 4.74 Å². The van der Waals surface area contributed by atoms with Gasteiger partial charge in [0.2, 0.25) is 15.9 Å². The molecule has 2 aliphatic heterocycles. The lowest BCUT2D eigenvalue weighted by Crippen LogP contribution is -2.50. The number of fused-ring (bicyclic) bond motifs is 1. The third-order valence-electron chi connectivity index (χ3n) is 5.39. The Morgan fingerprint density at radius 1 is 1.03 bits per heavy atom. The maximum atomic E-state index is 12.8. The summed E-state index contributed by atoms with van der Waals surface area (Å²) in [7, 11) is -3.57. The number of sulfonamides is 1. The molecule has 0 bridgehead atoms. The highest BCUT2D eigenvalue weighted by atomic mass is 32.2. The predicted molar refractivity (Wildman–Crippen MR) is 106 cm³/mol. The van der Waals surface area contributed by atoms with Gasteiger partial charge in [-0.1, -0.05) is 35.9 Å². The summed E-state index contributed by atoms with van der Waals surface area (Å²) in [6.07, 6.45) is -0.520. The highest BCUT2D eigenvalue weighted by Gasteiger charge is 2.35. The Hall–Kier alpha value is -2.71. The highest BCUT2D eigenvalue weighted by molar-refractivity contribution is 7.89. The van der Waals surface area contributed by atoms with Gasteiger partial charge in [0.05, 0.1) is 16.9 Å². The summed E-state index contributed by atoms with van der Waals surface area (Å²) in [5.74, 6) is -0.556. The molecular formula is C21H22N2O5S. The number of carbonyl (C=O) groups is 2. The van der Waals surface area contributed by atoms with E-state index in [0.29, 0.717) is 18.7 Å². The first kappa shape index (κ1) is 19.6. The van der Waals surface area contributed by atoms with Crippen LogP contribution in [0, 0.1) is 6.92 Å². The first-order valence-corrected chi connectivity index (χ1v) is 10.9. The van der Waals surface area contributed by atoms with Gasteiger partial charge < -0.3 is 9.64 Å². The summed E-state index contributed by atoms with van der Waals surface area (Å²) in [6.45, 7) is 3.01. The molecule has 29 heavy (non-hydrogen) atoms. The normalized spacial score (nSPS) is 19.7. The SMILES string of the molecule is Cc1ccc(S(=O)(=O)N2CCN(C(=O)C[C@@H]3OC(=O)c4ccccc43)CC2)cc1. The summed E-state index contributed by atoms with van der Waals surface area (Å²) in [6, 6.07) is 13.8. The van der Waals surface area contributed by atoms with E-state index in [0.717, 1.165) is 11.1 Å². The average Bonchev–Trinajstić information content (AvgIpc) is 3.04. The number of esters is 1. The van der Waals surface area contributed by atoms with Crippen LogP contribution in [0.3, 0.4) is 0 Å². The van der Waals surface area contributed by atoms with Crippen molar-refractivity contribution in [3.8, 4) is 0 Å². The number of rotatable bonds is 4. The molecule has 0 aliphatic carbocycles. The van der Waals surface area contributed by atoms with Crippen LogP contribution < -0.4 is 0 Å². The molecule has 1 saturated heterocycles. The smallest absolute Gasteiger partial charge is 0.339 e. The first-order valence-electron chi connectivity index (χ1n) is 9.51. The lowest BCUT2D eigenvalue weighted by atomic mass is 10.0. The zero-order valence-electron chi connectivity index (χ0n) is 16.1. The number of piperazine rings is 1. The quantitative estimate of drug-likeness (QED) is 0.716. The minimum atomic E-state index is -3.57. The molecule has 1 fully saturated rings. The predicted octanol–water partition coefficient (Wildman–Crippen LogP) is 2.13. The molecule has 2 aromatic carbocycles. The molecule has 0 radical (unpaired) electrons. The van der Waals surface area contributed by atoms with Crippen LogP contribution in [0.1, 0.15) is 34.0 Å². The Bertz CT molecular complexity index is 1040. The molecule has 0 saturated carbocycles. The van der Waals surface area contributed by atoms with Crippen molar-refractivity contribution in [1.82, 2.24) is 9.21 Å². The van der Waals surface area contributed by atoms with Crippen LogP contribution in [-0.2, 0) is 19.6 Å². The van der Waals surface area contributed by atoms with E-state index in [2.05, 4.69) is 0 Å². The molecule has 1 amide bonds. The third-order valence-corrected chi connectivity index (χ3v) is 7.30. The van der Waals surface area contributed by atoms with Crippen LogP contribution in [0.15, 0.2) is 53.4 Å². The number of nitrogens with zero attached hydrogens (tertiary/aromatic N) is 2. The number of hydrogen-bond donors (Lipinski definition) is 0. The molecule has 7 nitrogen and oxygen atoms in total. The Balaban J connectivity index is 1.38. The van der Waals surface area contributed by atoms with E-state index in [1.165, 1.54) is 4.31 Å². The van der Waals surface area contributed by atoms with E-state index in [1.54, 1.807) is 47.4 Å². The number of carbonyl (C=O) groups excluding carboxylic acids is 2. The topological polar surface area (TPSA) is 84.0 Å². The molecule has 152 valence electrons. The number of benzene rings is 2. The van der Waals surface area contributed by atoms with Crippen molar-refractivity contribution in [1.29, 1.82) is 0 Å². The molecule has 2 heterocycles. The van der Waals surface area contributed by atoms with Crippen LogP contribution in [0.4, 0.5) is 0 Å². The van der Waals surface area contributed by atoms with Crippen molar-refractivity contribution in [2.45, 2.75) is 24.3 Å². The van der Waals surface area contributed by atoms with Crippen molar-refractivity contribution in [3.05, 3.63) is 65.2 Å². The Morgan fingerprint density at radius 3 is 2.38 bits per heavy atom. The minimum Gasteiger partial charge on any atom is -0.453 e. The summed E-state index contributed by atoms with van der Waals surface area (Å²) < 4.78 is 32.3. The van der Waals surface area contributed by atoms with Gasteiger partial charge in [0.15, 0.2) is 0 Å². The average molecular weight is 414 g/mol. The third kappa shape index (κ3) is 3.77. The Kier molecular flexibility index (Phi) is 5.14. The Morgan fingerprint density at radius 2 is 1.69 bits per heavy atom. The van der Waals surface area contributed by atoms with Gasteiger partial charge in [0.1, 0.15) is 6.10 Å². The fraction of sp³-hybridized carbons (Fsp3) is 0.333. The zero-order valence-corrected chi connectivity index (χ0v) is 16.9. The number of aryl methyl sites for hydroxylation is 1. The van der Waals surface area contributed by atoms with Crippen LogP contribution >= 0.6 is 0 Å². The molecule has 8 heteroatoms. The Labute approximate surface area is 169 Å². The van der Waals surface area contributed by atoms with Gasteiger partial charge in [-0.05, 0) is 25.1 Å². The molecule has 0 aromatic heterocycles. The van der Waals surface area contributed by atoms with Gasteiger partial charge in [-0.25, -0.2) is 13.2 Å². The molecule has 0 spiro atoms. The van der Waals surface area contributed by atoms with Crippen LogP contribution in [0.2, 0.25) is 0 Å². The molecule has 2 aliphatic rings. The van der Waals surface area contributed by atoms with Gasteiger partial charge >= 0.3 is 5.97 Å². The molecule has 4 rings (SSSR count). The summed E-state index contributed by atoms with van der Waals surface area (Å²) in [5.41, 5.74) is 2.22. The largest absolute Gasteiger partial charge is 0.453 e. The van der Waals surface area contributed by atoms with E-state index in [1.807, 2.05) is 13.0 Å². The number of amides is 1. The monoisotopic (exact) mass is 414 g/mol. The first-order chi connectivity index (χ1) is 13.9. The van der Waals surface area contributed by atoms with Crippen LogP contribution in [0.25, 0.3) is 0 Å². The summed E-state index contributed by atoms with van der Waals surface area (Å²) in [5, 5.41) is 0. The van der Waals surface area contributed by atoms with E-state index >= 15 is 0 Å².